The highest BCUT2D eigenvalue weighted by molar-refractivity contribution is 5.33. The summed E-state index contributed by atoms with van der Waals surface area (Å²) in [4.78, 5) is 0. The van der Waals surface area contributed by atoms with Crippen molar-refractivity contribution >= 4 is 0 Å². The number of hydrogen-bond acceptors (Lipinski definition) is 2. The molecule has 0 amide bonds. The molecule has 0 aromatic heterocycles. The van der Waals surface area contributed by atoms with Crippen LogP contribution in [-0.2, 0) is 6.42 Å². The fourth-order valence-corrected chi connectivity index (χ4v) is 2.43. The van der Waals surface area contributed by atoms with E-state index < -0.39 is 0 Å². The van der Waals surface area contributed by atoms with Crippen LogP contribution in [0.4, 0.5) is 4.39 Å². The first-order chi connectivity index (χ1) is 9.49. The zero-order valence-corrected chi connectivity index (χ0v) is 12.1. The van der Waals surface area contributed by atoms with Crippen molar-refractivity contribution in [2.75, 3.05) is 7.11 Å². The number of nitrogens with two attached hydrogens (primary N) is 1. The van der Waals surface area contributed by atoms with Crippen molar-refractivity contribution in [1.82, 2.24) is 0 Å². The van der Waals surface area contributed by atoms with Gasteiger partial charge in [0.25, 0.3) is 0 Å². The molecule has 2 rings (SSSR count). The van der Waals surface area contributed by atoms with Crippen molar-refractivity contribution in [3.63, 3.8) is 0 Å². The lowest BCUT2D eigenvalue weighted by Gasteiger charge is -2.14. The molecule has 0 saturated carbocycles. The molecule has 0 aliphatic rings. The summed E-state index contributed by atoms with van der Waals surface area (Å²) < 4.78 is 18.6. The van der Waals surface area contributed by atoms with Gasteiger partial charge in [-0.05, 0) is 43.5 Å². The van der Waals surface area contributed by atoms with Crippen molar-refractivity contribution in [2.45, 2.75) is 26.3 Å². The summed E-state index contributed by atoms with van der Waals surface area (Å²) in [6.45, 7) is 4.10. The number of halogens is 1. The van der Waals surface area contributed by atoms with Crippen LogP contribution in [0.25, 0.3) is 0 Å². The Morgan fingerprint density at radius 2 is 1.75 bits per heavy atom. The minimum Gasteiger partial charge on any atom is -0.494 e. The number of ether oxygens (including phenoxy) is 1. The minimum absolute atomic E-state index is 0.138. The van der Waals surface area contributed by atoms with E-state index in [4.69, 9.17) is 10.5 Å². The normalized spacial score (nSPS) is 12.2. The van der Waals surface area contributed by atoms with Crippen LogP contribution in [-0.4, -0.2) is 7.11 Å². The number of aryl methyl sites for hydroxylation is 2. The summed E-state index contributed by atoms with van der Waals surface area (Å²) in [5, 5.41) is 0. The summed E-state index contributed by atoms with van der Waals surface area (Å²) in [5.74, 6) is -0.0913. The lowest BCUT2D eigenvalue weighted by Crippen LogP contribution is -2.14. The first-order valence-electron chi connectivity index (χ1n) is 6.66. The summed E-state index contributed by atoms with van der Waals surface area (Å²) in [6.07, 6.45) is 0.601. The van der Waals surface area contributed by atoms with E-state index in [1.807, 2.05) is 6.07 Å². The van der Waals surface area contributed by atoms with E-state index in [9.17, 15) is 4.39 Å². The SMILES string of the molecule is COc1ccc(CC(N)c2cc(C)cc(C)c2)cc1F. The molecule has 0 aliphatic carbocycles. The molecule has 0 bridgehead atoms. The molecule has 0 saturated heterocycles. The average molecular weight is 273 g/mol. The van der Waals surface area contributed by atoms with E-state index in [2.05, 4.69) is 32.0 Å². The maximum atomic E-state index is 13.7. The largest absolute Gasteiger partial charge is 0.494 e. The van der Waals surface area contributed by atoms with E-state index in [-0.39, 0.29) is 17.6 Å². The van der Waals surface area contributed by atoms with E-state index in [0.717, 1.165) is 11.1 Å². The van der Waals surface area contributed by atoms with Crippen LogP contribution in [0.3, 0.4) is 0 Å². The third-order valence-electron chi connectivity index (χ3n) is 3.34. The zero-order chi connectivity index (χ0) is 14.7. The van der Waals surface area contributed by atoms with E-state index in [1.165, 1.54) is 24.3 Å². The van der Waals surface area contributed by atoms with Crippen LogP contribution in [0.15, 0.2) is 36.4 Å². The Morgan fingerprint density at radius 1 is 1.10 bits per heavy atom. The van der Waals surface area contributed by atoms with Gasteiger partial charge in [0, 0.05) is 6.04 Å². The van der Waals surface area contributed by atoms with Crippen LogP contribution >= 0.6 is 0 Å². The molecule has 2 aromatic carbocycles. The van der Waals surface area contributed by atoms with Crippen LogP contribution in [0.2, 0.25) is 0 Å². The maximum absolute atomic E-state index is 13.7. The molecule has 1 atom stereocenters. The highest BCUT2D eigenvalue weighted by Crippen LogP contribution is 2.22. The van der Waals surface area contributed by atoms with Gasteiger partial charge in [0.1, 0.15) is 0 Å². The number of benzene rings is 2. The molecule has 0 fully saturated rings. The van der Waals surface area contributed by atoms with Crippen molar-refractivity contribution in [1.29, 1.82) is 0 Å². The second kappa shape index (κ2) is 6.06. The Morgan fingerprint density at radius 3 is 2.30 bits per heavy atom. The first kappa shape index (κ1) is 14.5. The van der Waals surface area contributed by atoms with Gasteiger partial charge in [-0.15, -0.1) is 0 Å². The van der Waals surface area contributed by atoms with E-state index >= 15 is 0 Å². The molecule has 2 aromatic rings. The topological polar surface area (TPSA) is 35.2 Å². The van der Waals surface area contributed by atoms with Gasteiger partial charge in [0.2, 0.25) is 0 Å². The summed E-state index contributed by atoms with van der Waals surface area (Å²) >= 11 is 0. The third-order valence-corrected chi connectivity index (χ3v) is 3.34. The van der Waals surface area contributed by atoms with E-state index in [1.54, 1.807) is 6.07 Å². The predicted molar refractivity (Wildman–Crippen MR) is 79.5 cm³/mol. The summed E-state index contributed by atoms with van der Waals surface area (Å²) in [5.41, 5.74) is 10.6. The van der Waals surface area contributed by atoms with Gasteiger partial charge in [0.05, 0.1) is 7.11 Å². The Bertz CT molecular complexity index is 590. The van der Waals surface area contributed by atoms with Gasteiger partial charge >= 0.3 is 0 Å². The van der Waals surface area contributed by atoms with Crippen LogP contribution in [0, 0.1) is 19.7 Å². The molecule has 0 radical (unpaired) electrons. The number of hydrogen-bond donors (Lipinski definition) is 1. The fourth-order valence-electron chi connectivity index (χ4n) is 2.43. The molecule has 2 N–H and O–H groups in total. The molecular weight excluding hydrogens is 253 g/mol. The first-order valence-corrected chi connectivity index (χ1v) is 6.66. The highest BCUT2D eigenvalue weighted by Gasteiger charge is 2.10. The Balaban J connectivity index is 2.18. The second-order valence-corrected chi connectivity index (χ2v) is 5.20. The Hall–Kier alpha value is -1.87. The Labute approximate surface area is 119 Å². The lowest BCUT2D eigenvalue weighted by atomic mass is 9.96. The minimum atomic E-state index is -0.349. The van der Waals surface area contributed by atoms with Gasteiger partial charge in [-0.25, -0.2) is 4.39 Å². The second-order valence-electron chi connectivity index (χ2n) is 5.20. The van der Waals surface area contributed by atoms with Gasteiger partial charge in [-0.2, -0.15) is 0 Å². The molecule has 0 aliphatic heterocycles. The standard InChI is InChI=1S/C17H20FNO/c1-11-6-12(2)8-14(7-11)16(19)10-13-4-5-17(20-3)15(18)9-13/h4-9,16H,10,19H2,1-3H3. The molecule has 20 heavy (non-hydrogen) atoms. The average Bonchev–Trinajstić information content (AvgIpc) is 2.37. The maximum Gasteiger partial charge on any atom is 0.165 e. The molecule has 2 nitrogen and oxygen atoms in total. The molecular formula is C17H20FNO. The van der Waals surface area contributed by atoms with Gasteiger partial charge in [-0.3, -0.25) is 0 Å². The Kier molecular flexibility index (Phi) is 4.40. The van der Waals surface area contributed by atoms with Crippen molar-refractivity contribution in [2.24, 2.45) is 5.73 Å². The third kappa shape index (κ3) is 3.36. The van der Waals surface area contributed by atoms with Gasteiger partial charge in [-0.1, -0.05) is 35.4 Å². The van der Waals surface area contributed by atoms with Crippen molar-refractivity contribution in [3.8, 4) is 5.75 Å². The molecule has 106 valence electrons. The molecule has 3 heteroatoms. The van der Waals surface area contributed by atoms with Gasteiger partial charge < -0.3 is 10.5 Å². The zero-order valence-electron chi connectivity index (χ0n) is 12.1. The smallest absolute Gasteiger partial charge is 0.165 e. The summed E-state index contributed by atoms with van der Waals surface area (Å²) in [6, 6.07) is 11.1. The molecule has 1 unspecified atom stereocenters. The molecule has 0 spiro atoms. The van der Waals surface area contributed by atoms with E-state index in [0.29, 0.717) is 6.42 Å². The van der Waals surface area contributed by atoms with Crippen LogP contribution in [0.1, 0.15) is 28.3 Å². The fraction of sp³-hybridized carbons (Fsp3) is 0.294. The van der Waals surface area contributed by atoms with Crippen LogP contribution in [0.5, 0.6) is 5.75 Å². The van der Waals surface area contributed by atoms with Crippen LogP contribution < -0.4 is 10.5 Å². The van der Waals surface area contributed by atoms with Gasteiger partial charge in [0.15, 0.2) is 11.6 Å². The predicted octanol–water partition coefficient (Wildman–Crippen LogP) is 3.69. The molecule has 0 heterocycles. The monoisotopic (exact) mass is 273 g/mol. The lowest BCUT2D eigenvalue weighted by molar-refractivity contribution is 0.386. The quantitative estimate of drug-likeness (QED) is 0.922. The number of methoxy groups -OCH3 is 1. The van der Waals surface area contributed by atoms with Crippen molar-refractivity contribution < 1.29 is 9.13 Å². The summed E-state index contributed by atoms with van der Waals surface area (Å²) in [7, 11) is 1.46. The number of rotatable bonds is 4. The van der Waals surface area contributed by atoms with Crippen molar-refractivity contribution in [3.05, 3.63) is 64.5 Å². The highest BCUT2D eigenvalue weighted by atomic mass is 19.1.